The van der Waals surface area contributed by atoms with E-state index in [-0.39, 0.29) is 0 Å². The molecule has 4 nitrogen and oxygen atoms in total. The monoisotopic (exact) mass is 456 g/mol. The first kappa shape index (κ1) is 21.8. The number of para-hydroxylation sites is 1. The zero-order chi connectivity index (χ0) is 23.0. The number of nitrogens with zero attached hydrogens (tertiary/aromatic N) is 2. The first-order chi connectivity index (χ1) is 15.9. The van der Waals surface area contributed by atoms with Gasteiger partial charge in [-0.25, -0.2) is 8.42 Å². The second kappa shape index (κ2) is 8.73. The molecule has 1 aliphatic rings. The van der Waals surface area contributed by atoms with E-state index in [1.807, 2.05) is 18.2 Å². The summed E-state index contributed by atoms with van der Waals surface area (Å²) in [6, 6.07) is 24.3. The number of benzene rings is 3. The Morgan fingerprint density at radius 1 is 0.848 bits per heavy atom. The summed E-state index contributed by atoms with van der Waals surface area (Å²) in [5.41, 5.74) is 6.94. The molecule has 0 unspecified atom stereocenters. The van der Waals surface area contributed by atoms with Gasteiger partial charge in [0.2, 0.25) is 10.0 Å². The van der Waals surface area contributed by atoms with E-state index in [9.17, 15) is 8.42 Å². The molecule has 0 atom stereocenters. The maximum Gasteiger partial charge on any atom is 0.245 e. The molecule has 0 N–H and O–H groups in total. The Labute approximate surface area is 196 Å². The van der Waals surface area contributed by atoms with Gasteiger partial charge in [0.25, 0.3) is 0 Å². The quantitative estimate of drug-likeness (QED) is 0.374. The standard InChI is InChI=1S/C28H28N2O2S/c1-20-6-3-9-26(21(20)2)24-13-11-22(12-14-24)23-15-18-30(19-16-23)33(31,32)27-10-4-7-25-8-5-17-29-28(25)27/h3-14,17,23H,15-16,18-19H2,1-2H3. The van der Waals surface area contributed by atoms with Gasteiger partial charge in [-0.05, 0) is 72.6 Å². The lowest BCUT2D eigenvalue weighted by molar-refractivity contribution is 0.319. The largest absolute Gasteiger partial charge is 0.255 e. The Balaban J connectivity index is 1.32. The van der Waals surface area contributed by atoms with E-state index < -0.39 is 10.0 Å². The zero-order valence-electron chi connectivity index (χ0n) is 19.0. The van der Waals surface area contributed by atoms with Gasteiger partial charge in [-0.15, -0.1) is 0 Å². The van der Waals surface area contributed by atoms with Crippen molar-refractivity contribution in [3.05, 3.63) is 95.7 Å². The molecule has 5 rings (SSSR count). The van der Waals surface area contributed by atoms with Gasteiger partial charge in [0, 0.05) is 24.7 Å². The highest BCUT2D eigenvalue weighted by molar-refractivity contribution is 7.89. The van der Waals surface area contributed by atoms with Gasteiger partial charge in [0.05, 0.1) is 5.52 Å². The van der Waals surface area contributed by atoms with Gasteiger partial charge in [0.15, 0.2) is 0 Å². The van der Waals surface area contributed by atoms with Crippen molar-refractivity contribution in [2.45, 2.75) is 37.5 Å². The van der Waals surface area contributed by atoms with E-state index in [0.29, 0.717) is 29.4 Å². The Hall–Kier alpha value is -3.02. The van der Waals surface area contributed by atoms with E-state index in [1.54, 1.807) is 22.6 Å². The lowest BCUT2D eigenvalue weighted by atomic mass is 9.88. The maximum atomic E-state index is 13.4. The summed E-state index contributed by atoms with van der Waals surface area (Å²) in [5.74, 6) is 0.370. The fourth-order valence-electron chi connectivity index (χ4n) is 4.85. The van der Waals surface area contributed by atoms with Crippen LogP contribution in [0.15, 0.2) is 83.9 Å². The number of aryl methyl sites for hydroxylation is 1. The molecule has 2 heterocycles. The summed E-state index contributed by atoms with van der Waals surface area (Å²) in [6.07, 6.45) is 3.29. The summed E-state index contributed by atoms with van der Waals surface area (Å²) in [7, 11) is -3.58. The molecule has 0 bridgehead atoms. The van der Waals surface area contributed by atoms with Crippen LogP contribution in [-0.4, -0.2) is 30.8 Å². The van der Waals surface area contributed by atoms with Crippen LogP contribution in [0.25, 0.3) is 22.0 Å². The van der Waals surface area contributed by atoms with Crippen molar-refractivity contribution in [1.29, 1.82) is 0 Å². The molecule has 3 aromatic carbocycles. The highest BCUT2D eigenvalue weighted by atomic mass is 32.2. The highest BCUT2D eigenvalue weighted by Gasteiger charge is 2.31. The van der Waals surface area contributed by atoms with Crippen LogP contribution in [0.2, 0.25) is 0 Å². The van der Waals surface area contributed by atoms with Gasteiger partial charge >= 0.3 is 0 Å². The molecule has 0 aliphatic carbocycles. The number of rotatable bonds is 4. The molecule has 0 spiro atoms. The number of fused-ring (bicyclic) bond motifs is 1. The summed E-state index contributed by atoms with van der Waals surface area (Å²) in [6.45, 7) is 5.35. The van der Waals surface area contributed by atoms with Crippen LogP contribution >= 0.6 is 0 Å². The predicted molar refractivity (Wildman–Crippen MR) is 134 cm³/mol. The number of hydrogen-bond acceptors (Lipinski definition) is 3. The van der Waals surface area contributed by atoms with Crippen LogP contribution in [0.4, 0.5) is 0 Å². The van der Waals surface area contributed by atoms with E-state index in [0.717, 1.165) is 18.2 Å². The average molecular weight is 457 g/mol. The first-order valence-electron chi connectivity index (χ1n) is 11.5. The van der Waals surface area contributed by atoms with E-state index in [1.165, 1.54) is 27.8 Å². The molecule has 0 saturated carbocycles. The Kier molecular flexibility index (Phi) is 5.77. The van der Waals surface area contributed by atoms with Gasteiger partial charge in [-0.1, -0.05) is 60.7 Å². The second-order valence-corrected chi connectivity index (χ2v) is 10.8. The predicted octanol–water partition coefficient (Wildman–Crippen LogP) is 6.09. The summed E-state index contributed by atoms with van der Waals surface area (Å²) < 4.78 is 28.4. The highest BCUT2D eigenvalue weighted by Crippen LogP contribution is 2.34. The maximum absolute atomic E-state index is 13.4. The van der Waals surface area contributed by atoms with Gasteiger partial charge in [-0.2, -0.15) is 4.31 Å². The lowest BCUT2D eigenvalue weighted by Crippen LogP contribution is -2.38. The minimum Gasteiger partial charge on any atom is -0.255 e. The molecular weight excluding hydrogens is 428 g/mol. The lowest BCUT2D eigenvalue weighted by Gasteiger charge is -2.31. The van der Waals surface area contributed by atoms with Gasteiger partial charge in [-0.3, -0.25) is 4.98 Å². The van der Waals surface area contributed by atoms with Gasteiger partial charge < -0.3 is 0 Å². The smallest absolute Gasteiger partial charge is 0.245 e. The molecule has 1 fully saturated rings. The van der Waals surface area contributed by atoms with Crippen LogP contribution in [0, 0.1) is 13.8 Å². The Bertz CT molecular complexity index is 1400. The Morgan fingerprint density at radius 2 is 1.55 bits per heavy atom. The Morgan fingerprint density at radius 3 is 2.30 bits per heavy atom. The van der Waals surface area contributed by atoms with Crippen LogP contribution in [-0.2, 0) is 10.0 Å². The number of sulfonamides is 1. The number of aromatic nitrogens is 1. The fourth-order valence-corrected chi connectivity index (χ4v) is 6.49. The molecule has 168 valence electrons. The van der Waals surface area contributed by atoms with Crippen LogP contribution in [0.3, 0.4) is 0 Å². The molecule has 0 radical (unpaired) electrons. The summed E-state index contributed by atoms with van der Waals surface area (Å²) >= 11 is 0. The molecule has 0 amide bonds. The molecule has 1 aromatic heterocycles. The molecule has 33 heavy (non-hydrogen) atoms. The van der Waals surface area contributed by atoms with Crippen molar-refractivity contribution in [3.63, 3.8) is 0 Å². The van der Waals surface area contributed by atoms with Crippen molar-refractivity contribution in [3.8, 4) is 11.1 Å². The van der Waals surface area contributed by atoms with E-state index in [2.05, 4.69) is 61.3 Å². The number of piperidine rings is 1. The van der Waals surface area contributed by atoms with Crippen LogP contribution < -0.4 is 0 Å². The fraction of sp³-hybridized carbons (Fsp3) is 0.250. The van der Waals surface area contributed by atoms with Crippen LogP contribution in [0.5, 0.6) is 0 Å². The molecule has 4 aromatic rings. The van der Waals surface area contributed by atoms with Crippen molar-refractivity contribution in [1.82, 2.24) is 9.29 Å². The number of pyridine rings is 1. The van der Waals surface area contributed by atoms with Gasteiger partial charge in [0.1, 0.15) is 4.90 Å². The summed E-state index contributed by atoms with van der Waals surface area (Å²) in [5, 5.41) is 0.845. The number of hydrogen-bond donors (Lipinski definition) is 0. The van der Waals surface area contributed by atoms with Crippen molar-refractivity contribution < 1.29 is 8.42 Å². The first-order valence-corrected chi connectivity index (χ1v) is 12.9. The van der Waals surface area contributed by atoms with Crippen LogP contribution in [0.1, 0.15) is 35.4 Å². The van der Waals surface area contributed by atoms with E-state index in [4.69, 9.17) is 0 Å². The third-order valence-electron chi connectivity index (χ3n) is 6.97. The molecule has 1 saturated heterocycles. The third kappa shape index (κ3) is 4.07. The minimum atomic E-state index is -3.58. The third-order valence-corrected chi connectivity index (χ3v) is 8.90. The topological polar surface area (TPSA) is 50.3 Å². The normalized spacial score (nSPS) is 15.7. The SMILES string of the molecule is Cc1cccc(-c2ccc(C3CCN(S(=O)(=O)c4cccc5cccnc45)CC3)cc2)c1C. The molecule has 1 aliphatic heterocycles. The minimum absolute atomic E-state index is 0.303. The van der Waals surface area contributed by atoms with Crippen molar-refractivity contribution >= 4 is 20.9 Å². The second-order valence-electron chi connectivity index (χ2n) is 8.88. The molecule has 5 heteroatoms. The zero-order valence-corrected chi connectivity index (χ0v) is 19.8. The summed E-state index contributed by atoms with van der Waals surface area (Å²) in [4.78, 5) is 4.65. The average Bonchev–Trinajstić information content (AvgIpc) is 2.85. The molecular formula is C28H28N2O2S. The van der Waals surface area contributed by atoms with Crippen molar-refractivity contribution in [2.75, 3.05) is 13.1 Å². The van der Waals surface area contributed by atoms with Crippen molar-refractivity contribution in [2.24, 2.45) is 0 Å². The van der Waals surface area contributed by atoms with E-state index >= 15 is 0 Å².